The topological polar surface area (TPSA) is 101 Å². The molecule has 0 saturated heterocycles. The highest BCUT2D eigenvalue weighted by atomic mass is 35.5. The van der Waals surface area contributed by atoms with Crippen molar-refractivity contribution in [1.29, 1.82) is 0 Å². The number of furan rings is 1. The molecule has 38 heavy (non-hydrogen) atoms. The van der Waals surface area contributed by atoms with E-state index >= 15 is 0 Å². The van der Waals surface area contributed by atoms with Crippen molar-refractivity contribution in [2.45, 2.75) is 0 Å². The van der Waals surface area contributed by atoms with Gasteiger partial charge in [0.05, 0.1) is 15.6 Å². The van der Waals surface area contributed by atoms with Gasteiger partial charge >= 0.3 is 0 Å². The van der Waals surface area contributed by atoms with Gasteiger partial charge in [0.25, 0.3) is 0 Å². The lowest BCUT2D eigenvalue weighted by atomic mass is 10.2. The quantitative estimate of drug-likeness (QED) is 0.142. The van der Waals surface area contributed by atoms with E-state index in [9.17, 15) is 9.90 Å². The van der Waals surface area contributed by atoms with Crippen molar-refractivity contribution >= 4 is 80.9 Å². The summed E-state index contributed by atoms with van der Waals surface area (Å²) in [4.78, 5) is 16.7. The zero-order valence-electron chi connectivity index (χ0n) is 19.2. The number of phenols is 1. The minimum absolute atomic E-state index is 0.0362. The number of phenolic OH excluding ortho intramolecular Hbond substituents is 1. The summed E-state index contributed by atoms with van der Waals surface area (Å²) in [6, 6.07) is 18.5. The number of aromatic nitrogens is 1. The van der Waals surface area contributed by atoms with Crippen LogP contribution < -0.4 is 10.6 Å². The molecular formula is C27H16Cl3N3O4S. The molecule has 0 saturated carbocycles. The lowest BCUT2D eigenvalue weighted by molar-refractivity contribution is -0.115. The lowest BCUT2D eigenvalue weighted by Crippen LogP contribution is -2.32. The van der Waals surface area contributed by atoms with E-state index in [0.717, 1.165) is 0 Å². The van der Waals surface area contributed by atoms with Crippen molar-refractivity contribution in [3.05, 3.63) is 93.6 Å². The molecule has 3 aromatic carbocycles. The van der Waals surface area contributed by atoms with E-state index in [1.807, 2.05) is 0 Å². The number of halogens is 3. The Morgan fingerprint density at radius 1 is 0.974 bits per heavy atom. The molecule has 11 heteroatoms. The molecule has 0 atom stereocenters. The van der Waals surface area contributed by atoms with Crippen LogP contribution in [0.25, 0.3) is 40.0 Å². The molecule has 0 fully saturated rings. The first-order valence-electron chi connectivity index (χ1n) is 11.0. The number of anilines is 1. The van der Waals surface area contributed by atoms with Gasteiger partial charge in [-0.05, 0) is 72.9 Å². The van der Waals surface area contributed by atoms with E-state index < -0.39 is 5.91 Å². The predicted molar refractivity (Wildman–Crippen MR) is 154 cm³/mol. The van der Waals surface area contributed by atoms with E-state index in [1.54, 1.807) is 60.7 Å². The minimum Gasteiger partial charge on any atom is -0.507 e. The van der Waals surface area contributed by atoms with Gasteiger partial charge in [-0.1, -0.05) is 40.9 Å². The zero-order chi connectivity index (χ0) is 26.8. The molecule has 0 aliphatic rings. The van der Waals surface area contributed by atoms with Gasteiger partial charge in [0.2, 0.25) is 11.8 Å². The summed E-state index contributed by atoms with van der Waals surface area (Å²) in [5, 5.41) is 17.3. The number of carbonyl (C=O) groups excluding carboxylic acids is 1. The Bertz CT molecular complexity index is 1730. The second kappa shape index (κ2) is 10.9. The van der Waals surface area contributed by atoms with Crippen molar-refractivity contribution in [3.63, 3.8) is 0 Å². The number of hydrogen-bond acceptors (Lipinski definition) is 6. The highest BCUT2D eigenvalue weighted by molar-refractivity contribution is 7.80. The van der Waals surface area contributed by atoms with E-state index in [4.69, 9.17) is 55.9 Å². The maximum absolute atomic E-state index is 12.3. The van der Waals surface area contributed by atoms with Gasteiger partial charge in [0.1, 0.15) is 22.8 Å². The highest BCUT2D eigenvalue weighted by Crippen LogP contribution is 2.35. The van der Waals surface area contributed by atoms with Crippen molar-refractivity contribution in [2.24, 2.45) is 0 Å². The number of fused-ring (bicyclic) bond motifs is 1. The SMILES string of the molecule is O=C(C=Cc1ccc(-c2cccc(Cl)c2Cl)o1)NC(=S)Nc1ccc(-c2nc3cc(Cl)ccc3o2)c(O)c1. The molecule has 0 aliphatic heterocycles. The van der Waals surface area contributed by atoms with Gasteiger partial charge in [0, 0.05) is 28.4 Å². The molecule has 190 valence electrons. The summed E-state index contributed by atoms with van der Waals surface area (Å²) < 4.78 is 11.4. The number of rotatable bonds is 5. The summed E-state index contributed by atoms with van der Waals surface area (Å²) in [7, 11) is 0. The fourth-order valence-corrected chi connectivity index (χ4v) is 4.34. The third-order valence-electron chi connectivity index (χ3n) is 5.32. The fourth-order valence-electron chi connectivity index (χ4n) is 3.56. The molecule has 0 spiro atoms. The molecule has 5 aromatic rings. The molecule has 1 amide bonds. The normalized spacial score (nSPS) is 11.2. The van der Waals surface area contributed by atoms with Crippen LogP contribution in [0.15, 0.2) is 81.6 Å². The maximum Gasteiger partial charge on any atom is 0.250 e. The third kappa shape index (κ3) is 5.69. The van der Waals surface area contributed by atoms with Crippen molar-refractivity contribution in [3.8, 4) is 28.5 Å². The van der Waals surface area contributed by atoms with Crippen LogP contribution in [0, 0.1) is 0 Å². The molecule has 3 N–H and O–H groups in total. The molecule has 0 bridgehead atoms. The fraction of sp³-hybridized carbons (Fsp3) is 0. The van der Waals surface area contributed by atoms with Crippen LogP contribution in [0.3, 0.4) is 0 Å². The molecule has 0 unspecified atom stereocenters. The maximum atomic E-state index is 12.3. The molecule has 7 nitrogen and oxygen atoms in total. The first-order valence-corrected chi connectivity index (χ1v) is 12.5. The first kappa shape index (κ1) is 25.8. The smallest absolute Gasteiger partial charge is 0.250 e. The van der Waals surface area contributed by atoms with Gasteiger partial charge in [-0.2, -0.15) is 0 Å². The first-order chi connectivity index (χ1) is 18.3. The number of nitrogens with one attached hydrogen (secondary N) is 2. The van der Waals surface area contributed by atoms with Crippen molar-refractivity contribution < 1.29 is 18.7 Å². The van der Waals surface area contributed by atoms with Crippen LogP contribution >= 0.6 is 47.0 Å². The number of thiocarbonyl (C=S) groups is 1. The largest absolute Gasteiger partial charge is 0.507 e. The Labute approximate surface area is 236 Å². The highest BCUT2D eigenvalue weighted by Gasteiger charge is 2.14. The number of amides is 1. The molecule has 0 aliphatic carbocycles. The van der Waals surface area contributed by atoms with Gasteiger partial charge in [-0.25, -0.2) is 4.98 Å². The Hall–Kier alpha value is -3.82. The molecular weight excluding hydrogens is 569 g/mol. The average Bonchev–Trinajstić information content (AvgIpc) is 3.51. The van der Waals surface area contributed by atoms with E-state index in [-0.39, 0.29) is 16.8 Å². The Morgan fingerprint density at radius 2 is 1.82 bits per heavy atom. The molecule has 0 radical (unpaired) electrons. The second-order valence-electron chi connectivity index (χ2n) is 7.94. The van der Waals surface area contributed by atoms with Crippen LogP contribution in [0.4, 0.5) is 5.69 Å². The Kier molecular flexibility index (Phi) is 7.40. The van der Waals surface area contributed by atoms with Gasteiger partial charge in [0.15, 0.2) is 10.7 Å². The third-order valence-corrected chi connectivity index (χ3v) is 6.57. The Balaban J connectivity index is 1.20. The minimum atomic E-state index is -0.479. The second-order valence-corrected chi connectivity index (χ2v) is 9.57. The van der Waals surface area contributed by atoms with Crippen LogP contribution in [-0.4, -0.2) is 21.1 Å². The number of nitrogens with zero attached hydrogens (tertiary/aromatic N) is 1. The van der Waals surface area contributed by atoms with Crippen LogP contribution in [0.2, 0.25) is 15.1 Å². The van der Waals surface area contributed by atoms with E-state index in [0.29, 0.717) is 54.5 Å². The van der Waals surface area contributed by atoms with E-state index in [1.165, 1.54) is 18.2 Å². The molecule has 5 rings (SSSR count). The number of aromatic hydroxyl groups is 1. The number of carbonyl (C=O) groups is 1. The monoisotopic (exact) mass is 583 g/mol. The Morgan fingerprint density at radius 3 is 2.63 bits per heavy atom. The summed E-state index contributed by atoms with van der Waals surface area (Å²) in [6.07, 6.45) is 2.77. The number of benzene rings is 3. The predicted octanol–water partition coefficient (Wildman–Crippen LogP) is 7.95. The van der Waals surface area contributed by atoms with Crippen LogP contribution in [0.1, 0.15) is 5.76 Å². The van der Waals surface area contributed by atoms with Gasteiger partial charge in [-0.3, -0.25) is 10.1 Å². The van der Waals surface area contributed by atoms with E-state index in [2.05, 4.69) is 15.6 Å². The summed E-state index contributed by atoms with van der Waals surface area (Å²) in [5.74, 6) is 0.625. The van der Waals surface area contributed by atoms with Crippen LogP contribution in [-0.2, 0) is 4.79 Å². The van der Waals surface area contributed by atoms with Crippen LogP contribution in [0.5, 0.6) is 5.75 Å². The zero-order valence-corrected chi connectivity index (χ0v) is 22.3. The molecule has 2 aromatic heterocycles. The summed E-state index contributed by atoms with van der Waals surface area (Å²) in [5.41, 5.74) is 2.60. The standard InChI is InChI=1S/C27H16Cl3N3O4S/c28-14-4-9-23-20(12-14)32-26(37-23)17-8-5-15(13-21(17)34)31-27(38)33-24(35)11-7-16-6-10-22(36-16)18-2-1-3-19(29)25(18)30/h1-13,34H,(H2,31,33,35,38). The number of oxazole rings is 1. The lowest BCUT2D eigenvalue weighted by Gasteiger charge is -2.09. The van der Waals surface area contributed by atoms with Crippen molar-refractivity contribution in [1.82, 2.24) is 10.3 Å². The number of hydrogen-bond donors (Lipinski definition) is 3. The van der Waals surface area contributed by atoms with Gasteiger partial charge < -0.3 is 19.3 Å². The average molecular weight is 585 g/mol. The summed E-state index contributed by atoms with van der Waals surface area (Å²) >= 11 is 23.5. The van der Waals surface area contributed by atoms with Crippen molar-refractivity contribution in [2.75, 3.05) is 5.32 Å². The molecule has 2 heterocycles. The van der Waals surface area contributed by atoms with Gasteiger partial charge in [-0.15, -0.1) is 0 Å². The summed E-state index contributed by atoms with van der Waals surface area (Å²) in [6.45, 7) is 0.